The molecule has 1 heterocycles. The Morgan fingerprint density at radius 2 is 2.18 bits per heavy atom. The molecule has 5 nitrogen and oxygen atoms in total. The van der Waals surface area contributed by atoms with Gasteiger partial charge in [0.25, 0.3) is 5.91 Å². The fraction of sp³-hybridized carbons (Fsp3) is 0.500. The van der Waals surface area contributed by atoms with Gasteiger partial charge in [0.1, 0.15) is 5.82 Å². The highest BCUT2D eigenvalue weighted by Gasteiger charge is 2.28. The number of anilines is 1. The first-order valence-corrected chi connectivity index (χ1v) is 7.52. The SMILES string of the molecule is CC(=O)Nc1ccc(F)c(C(=O)N2CCCCC2CCO)c1. The van der Waals surface area contributed by atoms with Crippen LogP contribution in [0.5, 0.6) is 0 Å². The summed E-state index contributed by atoms with van der Waals surface area (Å²) in [6.07, 6.45) is 3.20. The molecule has 1 unspecified atom stereocenters. The van der Waals surface area contributed by atoms with Crippen molar-refractivity contribution in [3.05, 3.63) is 29.6 Å². The second-order valence-electron chi connectivity index (χ2n) is 5.54. The van der Waals surface area contributed by atoms with Gasteiger partial charge in [-0.3, -0.25) is 9.59 Å². The van der Waals surface area contributed by atoms with Gasteiger partial charge in [-0.25, -0.2) is 4.39 Å². The molecule has 120 valence electrons. The summed E-state index contributed by atoms with van der Waals surface area (Å²) in [6.45, 7) is 1.92. The largest absolute Gasteiger partial charge is 0.396 e. The van der Waals surface area contributed by atoms with Crippen molar-refractivity contribution >= 4 is 17.5 Å². The molecular formula is C16H21FN2O3. The van der Waals surface area contributed by atoms with Gasteiger partial charge in [0.2, 0.25) is 5.91 Å². The number of rotatable bonds is 4. The number of halogens is 1. The zero-order valence-corrected chi connectivity index (χ0v) is 12.6. The van der Waals surface area contributed by atoms with Gasteiger partial charge in [-0.05, 0) is 43.9 Å². The van der Waals surface area contributed by atoms with E-state index in [-0.39, 0.29) is 30.0 Å². The molecule has 0 spiro atoms. The van der Waals surface area contributed by atoms with Gasteiger partial charge in [0.05, 0.1) is 5.56 Å². The summed E-state index contributed by atoms with van der Waals surface area (Å²) in [5.74, 6) is -1.27. The smallest absolute Gasteiger partial charge is 0.257 e. The summed E-state index contributed by atoms with van der Waals surface area (Å²) in [6, 6.07) is 3.91. The van der Waals surface area contributed by atoms with Crippen LogP contribution in [0.3, 0.4) is 0 Å². The predicted octanol–water partition coefficient (Wildman–Crippen LogP) is 2.16. The predicted molar refractivity (Wildman–Crippen MR) is 81.1 cm³/mol. The average molecular weight is 308 g/mol. The summed E-state index contributed by atoms with van der Waals surface area (Å²) in [7, 11) is 0. The van der Waals surface area contributed by atoms with Crippen molar-refractivity contribution in [2.24, 2.45) is 0 Å². The van der Waals surface area contributed by atoms with Crippen molar-refractivity contribution < 1.29 is 19.1 Å². The highest BCUT2D eigenvalue weighted by atomic mass is 19.1. The summed E-state index contributed by atoms with van der Waals surface area (Å²) < 4.78 is 14.0. The average Bonchev–Trinajstić information content (AvgIpc) is 2.49. The number of aliphatic hydroxyl groups is 1. The van der Waals surface area contributed by atoms with E-state index in [4.69, 9.17) is 5.11 Å². The minimum absolute atomic E-state index is 0.00284. The number of hydrogen-bond donors (Lipinski definition) is 2. The van der Waals surface area contributed by atoms with Crippen LogP contribution in [0.4, 0.5) is 10.1 Å². The van der Waals surface area contributed by atoms with E-state index >= 15 is 0 Å². The van der Waals surface area contributed by atoms with E-state index in [1.807, 2.05) is 0 Å². The molecule has 1 aromatic rings. The maximum atomic E-state index is 14.0. The van der Waals surface area contributed by atoms with E-state index in [1.54, 1.807) is 4.90 Å². The molecule has 6 heteroatoms. The van der Waals surface area contributed by atoms with Crippen LogP contribution < -0.4 is 5.32 Å². The van der Waals surface area contributed by atoms with Crippen molar-refractivity contribution in [1.82, 2.24) is 4.90 Å². The zero-order chi connectivity index (χ0) is 16.1. The second kappa shape index (κ2) is 7.35. The molecule has 0 aliphatic carbocycles. The number of nitrogens with zero attached hydrogens (tertiary/aromatic N) is 1. The molecule has 1 saturated heterocycles. The van der Waals surface area contributed by atoms with E-state index < -0.39 is 5.82 Å². The van der Waals surface area contributed by atoms with Crippen LogP contribution in [-0.4, -0.2) is 41.0 Å². The molecule has 1 fully saturated rings. The van der Waals surface area contributed by atoms with E-state index in [0.717, 1.165) is 19.3 Å². The number of carbonyl (C=O) groups is 2. The van der Waals surface area contributed by atoms with Crippen LogP contribution in [-0.2, 0) is 4.79 Å². The van der Waals surface area contributed by atoms with Crippen molar-refractivity contribution in [1.29, 1.82) is 0 Å². The molecule has 2 rings (SSSR count). The Kier molecular flexibility index (Phi) is 5.49. The summed E-state index contributed by atoms with van der Waals surface area (Å²) in [5, 5.41) is 11.7. The first-order chi connectivity index (χ1) is 10.5. The lowest BCUT2D eigenvalue weighted by atomic mass is 9.98. The monoisotopic (exact) mass is 308 g/mol. The molecule has 1 aromatic carbocycles. The normalized spacial score (nSPS) is 18.1. The number of hydrogen-bond acceptors (Lipinski definition) is 3. The molecule has 2 N–H and O–H groups in total. The van der Waals surface area contributed by atoms with Gasteiger partial charge in [0.15, 0.2) is 0 Å². The highest BCUT2D eigenvalue weighted by Crippen LogP contribution is 2.24. The number of carbonyl (C=O) groups excluding carboxylic acids is 2. The number of aliphatic hydroxyl groups excluding tert-OH is 1. The fourth-order valence-electron chi connectivity index (χ4n) is 2.84. The lowest BCUT2D eigenvalue weighted by molar-refractivity contribution is -0.114. The molecule has 2 amide bonds. The van der Waals surface area contributed by atoms with Crippen LogP contribution in [0.15, 0.2) is 18.2 Å². The Hall–Kier alpha value is -1.95. The molecule has 0 bridgehead atoms. The molecule has 1 atom stereocenters. The van der Waals surface area contributed by atoms with Crippen molar-refractivity contribution in [2.75, 3.05) is 18.5 Å². The molecule has 0 saturated carbocycles. The third-order valence-corrected chi connectivity index (χ3v) is 3.87. The van der Waals surface area contributed by atoms with Crippen LogP contribution >= 0.6 is 0 Å². The lowest BCUT2D eigenvalue weighted by Crippen LogP contribution is -2.44. The maximum Gasteiger partial charge on any atom is 0.257 e. The third-order valence-electron chi connectivity index (χ3n) is 3.87. The van der Waals surface area contributed by atoms with Crippen LogP contribution in [0.1, 0.15) is 43.0 Å². The quantitative estimate of drug-likeness (QED) is 0.895. The first-order valence-electron chi connectivity index (χ1n) is 7.52. The molecule has 0 radical (unpaired) electrons. The van der Waals surface area contributed by atoms with Crippen molar-refractivity contribution in [2.45, 2.75) is 38.6 Å². The number of piperidine rings is 1. The van der Waals surface area contributed by atoms with Gasteiger partial charge in [0, 0.05) is 31.8 Å². The van der Waals surface area contributed by atoms with Gasteiger partial charge in [-0.15, -0.1) is 0 Å². The lowest BCUT2D eigenvalue weighted by Gasteiger charge is -2.35. The molecule has 0 aromatic heterocycles. The highest BCUT2D eigenvalue weighted by molar-refractivity contribution is 5.97. The molecular weight excluding hydrogens is 287 g/mol. The topological polar surface area (TPSA) is 69.6 Å². The van der Waals surface area contributed by atoms with Gasteiger partial charge >= 0.3 is 0 Å². The Morgan fingerprint density at radius 3 is 2.86 bits per heavy atom. The number of nitrogens with one attached hydrogen (secondary N) is 1. The maximum absolute atomic E-state index is 14.0. The van der Waals surface area contributed by atoms with E-state index in [9.17, 15) is 14.0 Å². The molecule has 1 aliphatic heterocycles. The fourth-order valence-corrected chi connectivity index (χ4v) is 2.84. The number of benzene rings is 1. The Balaban J connectivity index is 2.24. The number of amides is 2. The summed E-state index contributed by atoms with van der Waals surface area (Å²) in [4.78, 5) is 25.4. The molecule has 22 heavy (non-hydrogen) atoms. The standard InChI is InChI=1S/C16H21FN2O3/c1-11(21)18-12-5-6-15(17)14(10-12)16(22)19-8-3-2-4-13(19)7-9-20/h5-6,10,13,20H,2-4,7-9H2,1H3,(H,18,21). The Bertz CT molecular complexity index is 560. The second-order valence-corrected chi connectivity index (χ2v) is 5.54. The Morgan fingerprint density at radius 1 is 1.41 bits per heavy atom. The Labute approximate surface area is 129 Å². The summed E-state index contributed by atoms with van der Waals surface area (Å²) >= 11 is 0. The van der Waals surface area contributed by atoms with Crippen LogP contribution in [0, 0.1) is 5.82 Å². The van der Waals surface area contributed by atoms with Gasteiger partial charge in [-0.1, -0.05) is 0 Å². The minimum Gasteiger partial charge on any atom is -0.396 e. The van der Waals surface area contributed by atoms with E-state index in [1.165, 1.54) is 25.1 Å². The van der Waals surface area contributed by atoms with Gasteiger partial charge < -0.3 is 15.3 Å². The minimum atomic E-state index is -0.604. The van der Waals surface area contributed by atoms with Crippen molar-refractivity contribution in [3.8, 4) is 0 Å². The van der Waals surface area contributed by atoms with Crippen molar-refractivity contribution in [3.63, 3.8) is 0 Å². The molecule has 1 aliphatic rings. The first kappa shape index (κ1) is 16.4. The zero-order valence-electron chi connectivity index (χ0n) is 12.6. The van der Waals surface area contributed by atoms with E-state index in [2.05, 4.69) is 5.32 Å². The van der Waals surface area contributed by atoms with E-state index in [0.29, 0.717) is 18.7 Å². The van der Waals surface area contributed by atoms with Gasteiger partial charge in [-0.2, -0.15) is 0 Å². The summed E-state index contributed by atoms with van der Waals surface area (Å²) in [5.41, 5.74) is 0.351. The number of likely N-dealkylation sites (tertiary alicyclic amines) is 1. The van der Waals surface area contributed by atoms with Crippen LogP contribution in [0.2, 0.25) is 0 Å². The third kappa shape index (κ3) is 3.82. The van der Waals surface area contributed by atoms with Crippen LogP contribution in [0.25, 0.3) is 0 Å².